The van der Waals surface area contributed by atoms with Crippen LogP contribution in [0.15, 0.2) is 67.1 Å². The lowest BCUT2D eigenvalue weighted by atomic mass is 9.99. The highest BCUT2D eigenvalue weighted by Gasteiger charge is 2.18. The van der Waals surface area contributed by atoms with Crippen LogP contribution in [0.4, 0.5) is 10.1 Å². The minimum Gasteiger partial charge on any atom is -0.344 e. The average molecular weight is 546 g/mol. The zero-order valence-corrected chi connectivity index (χ0v) is 21.6. The lowest BCUT2D eigenvalue weighted by molar-refractivity contribution is -0.117. The summed E-state index contributed by atoms with van der Waals surface area (Å²) >= 11 is 6.19. The third-order valence-corrected chi connectivity index (χ3v) is 6.65. The van der Waals surface area contributed by atoms with Crippen LogP contribution in [0.1, 0.15) is 49.4 Å². The summed E-state index contributed by atoms with van der Waals surface area (Å²) in [6.45, 7) is 0. The largest absolute Gasteiger partial charge is 0.344 e. The van der Waals surface area contributed by atoms with Gasteiger partial charge in [-0.25, -0.2) is 4.39 Å². The predicted octanol–water partition coefficient (Wildman–Crippen LogP) is 5.29. The summed E-state index contributed by atoms with van der Waals surface area (Å²) in [5.41, 5.74) is 3.85. The molecule has 0 spiro atoms. The molecule has 0 aliphatic carbocycles. The van der Waals surface area contributed by atoms with E-state index in [0.717, 1.165) is 18.4 Å². The molecule has 4 aromatic rings. The Hall–Kier alpha value is -4.44. The van der Waals surface area contributed by atoms with Gasteiger partial charge in [0.15, 0.2) is 0 Å². The molecule has 2 aromatic carbocycles. The van der Waals surface area contributed by atoms with Gasteiger partial charge in [0.25, 0.3) is 0 Å². The van der Waals surface area contributed by atoms with Crippen LogP contribution in [0, 0.1) is 5.82 Å². The van der Waals surface area contributed by atoms with Gasteiger partial charge in [0.1, 0.15) is 12.1 Å². The highest BCUT2D eigenvalue weighted by atomic mass is 35.5. The number of benzene rings is 2. The van der Waals surface area contributed by atoms with Gasteiger partial charge in [-0.1, -0.05) is 24.4 Å². The Morgan fingerprint density at radius 3 is 2.87 bits per heavy atom. The van der Waals surface area contributed by atoms with Crippen LogP contribution < -0.4 is 10.6 Å². The first-order valence-electron chi connectivity index (χ1n) is 12.5. The van der Waals surface area contributed by atoms with Gasteiger partial charge in [0.2, 0.25) is 11.8 Å². The number of fused-ring (bicyclic) bond motifs is 4. The smallest absolute Gasteiger partial charge is 0.244 e. The topological polar surface area (TPSA) is 115 Å². The molecule has 0 radical (unpaired) electrons. The second-order valence-electron chi connectivity index (χ2n) is 9.16. The van der Waals surface area contributed by atoms with Crippen molar-refractivity contribution >= 4 is 35.2 Å². The summed E-state index contributed by atoms with van der Waals surface area (Å²) in [5.74, 6) is -0.904. The lowest BCUT2D eigenvalue weighted by Crippen LogP contribution is -2.27. The Balaban J connectivity index is 1.42. The van der Waals surface area contributed by atoms with E-state index in [4.69, 9.17) is 11.6 Å². The van der Waals surface area contributed by atoms with Gasteiger partial charge in [-0.05, 0) is 83.4 Å². The van der Waals surface area contributed by atoms with Crippen LogP contribution in [0.25, 0.3) is 22.9 Å². The van der Waals surface area contributed by atoms with E-state index in [1.807, 2.05) is 6.07 Å². The highest BCUT2D eigenvalue weighted by Crippen LogP contribution is 2.31. The Labute approximate surface area is 229 Å². The van der Waals surface area contributed by atoms with Crippen molar-refractivity contribution in [2.45, 2.75) is 38.1 Å². The number of carbonyl (C=O) groups is 2. The van der Waals surface area contributed by atoms with Gasteiger partial charge in [-0.2, -0.15) is 4.68 Å². The zero-order valence-electron chi connectivity index (χ0n) is 20.8. The van der Waals surface area contributed by atoms with Crippen molar-refractivity contribution in [2.75, 3.05) is 5.32 Å². The van der Waals surface area contributed by atoms with E-state index in [-0.39, 0.29) is 17.9 Å². The molecule has 2 bridgehead atoms. The number of carbonyl (C=O) groups excluding carboxylic acids is 2. The zero-order chi connectivity index (χ0) is 27.2. The van der Waals surface area contributed by atoms with E-state index < -0.39 is 5.82 Å². The molecule has 1 atom stereocenters. The molecular weight excluding hydrogens is 521 g/mol. The van der Waals surface area contributed by atoms with Crippen molar-refractivity contribution < 1.29 is 14.0 Å². The molecule has 2 N–H and O–H groups in total. The van der Waals surface area contributed by atoms with Crippen molar-refractivity contribution in [3.8, 4) is 16.8 Å². The number of pyridine rings is 1. The molecule has 1 aliphatic rings. The van der Waals surface area contributed by atoms with Gasteiger partial charge in [0, 0.05) is 34.8 Å². The summed E-state index contributed by atoms with van der Waals surface area (Å²) in [7, 11) is 0. The molecule has 198 valence electrons. The first-order chi connectivity index (χ1) is 19.0. The van der Waals surface area contributed by atoms with E-state index >= 15 is 0 Å². The fourth-order valence-electron chi connectivity index (χ4n) is 4.52. The summed E-state index contributed by atoms with van der Waals surface area (Å²) in [5, 5.41) is 17.7. The van der Waals surface area contributed by atoms with Crippen LogP contribution in [-0.2, 0) is 9.59 Å². The maximum absolute atomic E-state index is 14.0. The molecule has 0 fully saturated rings. The summed E-state index contributed by atoms with van der Waals surface area (Å²) < 4.78 is 15.5. The second kappa shape index (κ2) is 12.0. The number of amides is 2. The second-order valence-corrected chi connectivity index (χ2v) is 9.60. The van der Waals surface area contributed by atoms with Crippen LogP contribution in [0.5, 0.6) is 0 Å². The summed E-state index contributed by atoms with van der Waals surface area (Å²) in [6.07, 6.45) is 9.43. The van der Waals surface area contributed by atoms with Crippen LogP contribution in [0.2, 0.25) is 5.02 Å². The third-order valence-electron chi connectivity index (χ3n) is 6.42. The number of nitrogens with one attached hydrogen (secondary N) is 2. The third kappa shape index (κ3) is 6.53. The molecule has 0 saturated heterocycles. The molecule has 0 saturated carbocycles. The van der Waals surface area contributed by atoms with Crippen LogP contribution in [0.3, 0.4) is 0 Å². The quantitative estimate of drug-likeness (QED) is 0.337. The minimum atomic E-state index is -0.437. The van der Waals surface area contributed by atoms with E-state index in [1.54, 1.807) is 42.6 Å². The Morgan fingerprint density at radius 2 is 2.03 bits per heavy atom. The average Bonchev–Trinajstić information content (AvgIpc) is 3.46. The summed E-state index contributed by atoms with van der Waals surface area (Å²) in [6, 6.07) is 12.8. The monoisotopic (exact) mass is 545 g/mol. The number of hydrogen-bond donors (Lipinski definition) is 2. The van der Waals surface area contributed by atoms with Gasteiger partial charge in [0.05, 0.1) is 23.1 Å². The van der Waals surface area contributed by atoms with Crippen molar-refractivity contribution in [2.24, 2.45) is 0 Å². The lowest BCUT2D eigenvalue weighted by Gasteiger charge is -2.18. The molecule has 5 rings (SSSR count). The van der Waals surface area contributed by atoms with Gasteiger partial charge in [-0.15, -0.1) is 5.10 Å². The van der Waals surface area contributed by atoms with Crippen molar-refractivity contribution in [3.05, 3.63) is 89.2 Å². The summed E-state index contributed by atoms with van der Waals surface area (Å²) in [4.78, 5) is 30.1. The molecule has 2 amide bonds. The number of rotatable bonds is 4. The van der Waals surface area contributed by atoms with Crippen molar-refractivity contribution in [1.29, 1.82) is 0 Å². The number of hydrogen-bond acceptors (Lipinski definition) is 6. The maximum atomic E-state index is 14.0. The molecule has 39 heavy (non-hydrogen) atoms. The van der Waals surface area contributed by atoms with Gasteiger partial charge >= 0.3 is 0 Å². The van der Waals surface area contributed by atoms with Gasteiger partial charge < -0.3 is 10.6 Å². The van der Waals surface area contributed by atoms with E-state index in [2.05, 4.69) is 31.1 Å². The molecule has 1 aliphatic heterocycles. The Kier molecular flexibility index (Phi) is 8.02. The first kappa shape index (κ1) is 26.2. The minimum absolute atomic E-state index is 0.160. The molecular formula is C28H25ClFN7O2. The van der Waals surface area contributed by atoms with Crippen molar-refractivity contribution in [1.82, 2.24) is 30.5 Å². The van der Waals surface area contributed by atoms with E-state index in [9.17, 15) is 14.0 Å². The molecule has 1 unspecified atom stereocenters. The fourth-order valence-corrected chi connectivity index (χ4v) is 4.70. The van der Waals surface area contributed by atoms with Crippen LogP contribution in [-0.4, -0.2) is 37.0 Å². The molecule has 11 heteroatoms. The number of nitrogens with zero attached hydrogens (tertiary/aromatic N) is 5. The Bertz CT molecular complexity index is 1520. The normalized spacial score (nSPS) is 15.9. The van der Waals surface area contributed by atoms with E-state index in [1.165, 1.54) is 29.2 Å². The standard InChI is InChI=1S/C28H25ClFN7O2/c29-20-7-10-26(37-17-32-35-36-37)19(14-20)6-11-28(39)33-23-4-2-1-3-5-27(38)34-24-16-21(30)8-9-22(24)18-12-13-31-25(23)15-18/h6-17,23H,1-5H2,(H,33,39)(H,34,38)/b11-6+. The van der Waals surface area contributed by atoms with Gasteiger partial charge in [-0.3, -0.25) is 14.6 Å². The number of anilines is 1. The number of aromatic nitrogens is 5. The van der Waals surface area contributed by atoms with Crippen molar-refractivity contribution in [3.63, 3.8) is 0 Å². The SMILES string of the molecule is O=C(/C=C/c1cc(Cl)ccc1-n1cnnn1)NC1CCCCCC(=O)Nc2cc(F)ccc2-c2ccnc1c2. The molecule has 2 aromatic heterocycles. The van der Waals surface area contributed by atoms with Crippen LogP contribution >= 0.6 is 11.6 Å². The first-order valence-corrected chi connectivity index (χ1v) is 12.9. The van der Waals surface area contributed by atoms with E-state index in [0.29, 0.717) is 52.5 Å². The highest BCUT2D eigenvalue weighted by molar-refractivity contribution is 6.30. The molecule has 9 nitrogen and oxygen atoms in total. The fraction of sp³-hybridized carbons (Fsp3) is 0.214. The Morgan fingerprint density at radius 1 is 1.13 bits per heavy atom. The molecule has 3 heterocycles. The maximum Gasteiger partial charge on any atom is 0.244 e. The predicted molar refractivity (Wildman–Crippen MR) is 145 cm³/mol. The number of halogens is 2. The number of tetrazole rings is 1.